The van der Waals surface area contributed by atoms with Crippen molar-refractivity contribution in [3.05, 3.63) is 23.8 Å². The summed E-state index contributed by atoms with van der Waals surface area (Å²) in [7, 11) is 0. The molecule has 3 rings (SSSR count). The smallest absolute Gasteiger partial charge is 0.256 e. The van der Waals surface area contributed by atoms with Crippen LogP contribution in [0.25, 0.3) is 0 Å². The number of rotatable bonds is 7. The van der Waals surface area contributed by atoms with E-state index in [1.54, 1.807) is 17.1 Å². The zero-order valence-corrected chi connectivity index (χ0v) is 13.4. The Morgan fingerprint density at radius 3 is 2.96 bits per heavy atom. The molecule has 0 aliphatic carbocycles. The number of anilines is 1. The van der Waals surface area contributed by atoms with E-state index in [0.29, 0.717) is 32.3 Å². The van der Waals surface area contributed by atoms with Gasteiger partial charge in [0, 0.05) is 25.0 Å². The minimum absolute atomic E-state index is 0.110. The van der Waals surface area contributed by atoms with Crippen molar-refractivity contribution in [3.8, 4) is 0 Å². The van der Waals surface area contributed by atoms with Gasteiger partial charge < -0.3 is 15.5 Å². The summed E-state index contributed by atoms with van der Waals surface area (Å²) in [6.45, 7) is 2.83. The SMILES string of the molecule is Nc1ncc(CCCc2cn(CC(=O)NN3CCOCC3)nn2)[nH]1. The molecule has 2 aromatic rings. The molecule has 10 nitrogen and oxygen atoms in total. The Kier molecular flexibility index (Phi) is 5.39. The number of nitrogens with two attached hydrogens (primary N) is 1. The van der Waals surface area contributed by atoms with Gasteiger partial charge in [-0.2, -0.15) is 0 Å². The van der Waals surface area contributed by atoms with Gasteiger partial charge in [-0.25, -0.2) is 14.7 Å². The van der Waals surface area contributed by atoms with Crippen LogP contribution in [-0.2, 0) is 28.9 Å². The maximum Gasteiger partial charge on any atom is 0.256 e. The molecule has 1 amide bonds. The van der Waals surface area contributed by atoms with Gasteiger partial charge in [0.05, 0.1) is 25.1 Å². The molecule has 0 aromatic carbocycles. The number of hydrazine groups is 1. The molecule has 0 bridgehead atoms. The van der Waals surface area contributed by atoms with Crippen molar-refractivity contribution in [1.82, 2.24) is 35.4 Å². The monoisotopic (exact) mass is 334 g/mol. The van der Waals surface area contributed by atoms with Gasteiger partial charge in [0.1, 0.15) is 6.54 Å². The highest BCUT2D eigenvalue weighted by molar-refractivity contribution is 5.75. The van der Waals surface area contributed by atoms with Crippen LogP contribution < -0.4 is 11.2 Å². The Bertz CT molecular complexity index is 661. The first-order valence-electron chi connectivity index (χ1n) is 7.99. The number of aromatic nitrogens is 5. The molecule has 0 spiro atoms. The van der Waals surface area contributed by atoms with Crippen molar-refractivity contribution in [2.45, 2.75) is 25.8 Å². The molecule has 1 fully saturated rings. The van der Waals surface area contributed by atoms with E-state index in [1.165, 1.54) is 0 Å². The summed E-state index contributed by atoms with van der Waals surface area (Å²) in [5.74, 6) is 0.323. The Morgan fingerprint density at radius 1 is 1.38 bits per heavy atom. The number of aryl methyl sites for hydroxylation is 2. The van der Waals surface area contributed by atoms with E-state index >= 15 is 0 Å². The lowest BCUT2D eigenvalue weighted by Gasteiger charge is -2.26. The zero-order valence-electron chi connectivity index (χ0n) is 13.4. The van der Waals surface area contributed by atoms with Gasteiger partial charge in [0.25, 0.3) is 5.91 Å². The van der Waals surface area contributed by atoms with Crippen LogP contribution in [0.5, 0.6) is 0 Å². The summed E-state index contributed by atoms with van der Waals surface area (Å²) < 4.78 is 6.79. The second-order valence-electron chi connectivity index (χ2n) is 5.69. The Balaban J connectivity index is 1.40. The largest absolute Gasteiger partial charge is 0.379 e. The minimum Gasteiger partial charge on any atom is -0.379 e. The van der Waals surface area contributed by atoms with Gasteiger partial charge in [-0.15, -0.1) is 5.10 Å². The number of hydrogen-bond donors (Lipinski definition) is 3. The number of H-pyrrole nitrogens is 1. The van der Waals surface area contributed by atoms with Crippen molar-refractivity contribution in [2.75, 3.05) is 32.0 Å². The first kappa shape index (κ1) is 16.4. The molecule has 0 radical (unpaired) electrons. The first-order chi connectivity index (χ1) is 11.7. The quantitative estimate of drug-likeness (QED) is 0.600. The molecule has 1 aliphatic heterocycles. The highest BCUT2D eigenvalue weighted by Crippen LogP contribution is 2.05. The number of nitrogens with one attached hydrogen (secondary N) is 2. The number of imidazole rings is 1. The standard InChI is InChI=1S/C14H22N8O2/c15-14-16-8-11(17-14)2-1-3-12-9-22(20-18-12)10-13(23)19-21-4-6-24-7-5-21/h8-9H,1-7,10H2,(H,19,23)(H3,15,16,17). The zero-order chi connectivity index (χ0) is 16.8. The molecule has 1 saturated heterocycles. The number of carbonyl (C=O) groups excluding carboxylic acids is 1. The van der Waals surface area contributed by atoms with Crippen LogP contribution in [0.1, 0.15) is 17.8 Å². The Morgan fingerprint density at radius 2 is 2.21 bits per heavy atom. The van der Waals surface area contributed by atoms with E-state index < -0.39 is 0 Å². The molecular formula is C14H22N8O2. The highest BCUT2D eigenvalue weighted by atomic mass is 16.5. The van der Waals surface area contributed by atoms with Crippen LogP contribution in [-0.4, -0.2) is 62.2 Å². The lowest BCUT2D eigenvalue weighted by atomic mass is 10.2. The van der Waals surface area contributed by atoms with E-state index in [2.05, 4.69) is 25.7 Å². The first-order valence-corrected chi connectivity index (χ1v) is 7.99. The van der Waals surface area contributed by atoms with Crippen molar-refractivity contribution in [2.24, 2.45) is 0 Å². The van der Waals surface area contributed by atoms with Gasteiger partial charge >= 0.3 is 0 Å². The maximum atomic E-state index is 12.0. The fourth-order valence-corrected chi connectivity index (χ4v) is 2.53. The molecule has 4 N–H and O–H groups in total. The average Bonchev–Trinajstić information content (AvgIpc) is 3.17. The number of hydrogen-bond acceptors (Lipinski definition) is 7. The topological polar surface area (TPSA) is 127 Å². The summed E-state index contributed by atoms with van der Waals surface area (Å²) in [4.78, 5) is 18.9. The lowest BCUT2D eigenvalue weighted by molar-refractivity contribution is -0.128. The normalized spacial score (nSPS) is 15.5. The van der Waals surface area contributed by atoms with Crippen molar-refractivity contribution >= 4 is 11.9 Å². The van der Waals surface area contributed by atoms with E-state index in [1.807, 2.05) is 5.01 Å². The summed E-state index contributed by atoms with van der Waals surface area (Å²) in [6, 6.07) is 0. The predicted molar refractivity (Wildman–Crippen MR) is 85.6 cm³/mol. The number of morpholine rings is 1. The van der Waals surface area contributed by atoms with E-state index in [-0.39, 0.29) is 12.5 Å². The fraction of sp³-hybridized carbons (Fsp3) is 0.571. The Labute approximate surface area is 139 Å². The molecule has 0 saturated carbocycles. The number of ether oxygens (including phenoxy) is 1. The molecular weight excluding hydrogens is 312 g/mol. The van der Waals surface area contributed by atoms with Crippen LogP contribution in [0.4, 0.5) is 5.95 Å². The third kappa shape index (κ3) is 4.77. The summed E-state index contributed by atoms with van der Waals surface area (Å²) >= 11 is 0. The van der Waals surface area contributed by atoms with E-state index in [9.17, 15) is 4.79 Å². The third-order valence-corrected chi connectivity index (χ3v) is 3.71. The van der Waals surface area contributed by atoms with Crippen molar-refractivity contribution in [1.29, 1.82) is 0 Å². The van der Waals surface area contributed by atoms with Gasteiger partial charge in [-0.3, -0.25) is 10.2 Å². The lowest BCUT2D eigenvalue weighted by Crippen LogP contribution is -2.49. The summed E-state index contributed by atoms with van der Waals surface area (Å²) in [5, 5.41) is 9.96. The molecule has 2 aromatic heterocycles. The molecule has 0 unspecified atom stereocenters. The number of nitrogens with zero attached hydrogens (tertiary/aromatic N) is 5. The van der Waals surface area contributed by atoms with Gasteiger partial charge in [-0.05, 0) is 19.3 Å². The van der Waals surface area contributed by atoms with Gasteiger partial charge in [0.2, 0.25) is 0 Å². The molecule has 3 heterocycles. The number of nitrogen functional groups attached to an aromatic ring is 1. The molecule has 10 heteroatoms. The van der Waals surface area contributed by atoms with Crippen LogP contribution >= 0.6 is 0 Å². The highest BCUT2D eigenvalue weighted by Gasteiger charge is 2.13. The van der Waals surface area contributed by atoms with Crippen LogP contribution in [0.3, 0.4) is 0 Å². The average molecular weight is 334 g/mol. The second kappa shape index (κ2) is 7.88. The number of aromatic amines is 1. The van der Waals surface area contributed by atoms with Crippen LogP contribution in [0, 0.1) is 0 Å². The summed E-state index contributed by atoms with van der Waals surface area (Å²) in [5.41, 5.74) is 10.3. The van der Waals surface area contributed by atoms with Crippen molar-refractivity contribution < 1.29 is 9.53 Å². The molecule has 24 heavy (non-hydrogen) atoms. The van der Waals surface area contributed by atoms with Gasteiger partial charge in [-0.1, -0.05) is 5.21 Å². The minimum atomic E-state index is -0.110. The molecule has 130 valence electrons. The van der Waals surface area contributed by atoms with Crippen LogP contribution in [0.15, 0.2) is 12.4 Å². The molecule has 1 aliphatic rings. The number of carbonyl (C=O) groups is 1. The van der Waals surface area contributed by atoms with Crippen molar-refractivity contribution in [3.63, 3.8) is 0 Å². The molecule has 0 atom stereocenters. The Hall–Kier alpha value is -2.46. The van der Waals surface area contributed by atoms with E-state index in [4.69, 9.17) is 10.5 Å². The maximum absolute atomic E-state index is 12.0. The fourth-order valence-electron chi connectivity index (χ4n) is 2.53. The second-order valence-corrected chi connectivity index (χ2v) is 5.69. The van der Waals surface area contributed by atoms with Gasteiger partial charge in [0.15, 0.2) is 5.95 Å². The van der Waals surface area contributed by atoms with E-state index in [0.717, 1.165) is 30.7 Å². The number of amides is 1. The third-order valence-electron chi connectivity index (χ3n) is 3.71. The predicted octanol–water partition coefficient (Wildman–Crippen LogP) is -0.878. The van der Waals surface area contributed by atoms with Crippen LogP contribution in [0.2, 0.25) is 0 Å². The summed E-state index contributed by atoms with van der Waals surface area (Å²) in [6.07, 6.45) is 6.07.